The predicted octanol–water partition coefficient (Wildman–Crippen LogP) is 3.44. The van der Waals surface area contributed by atoms with Crippen molar-refractivity contribution >= 4 is 34.2 Å². The van der Waals surface area contributed by atoms with Crippen LogP contribution in [0.3, 0.4) is 0 Å². The SMILES string of the molecule is Cc1noc2c(Cl)ccc(Cl)c12. The lowest BCUT2D eigenvalue weighted by Crippen LogP contribution is -1.72. The molecule has 0 spiro atoms. The molecule has 0 N–H and O–H groups in total. The van der Waals surface area contributed by atoms with Crippen LogP contribution in [0.5, 0.6) is 0 Å². The van der Waals surface area contributed by atoms with Crippen LogP contribution in [0.25, 0.3) is 11.0 Å². The summed E-state index contributed by atoms with van der Waals surface area (Å²) in [6.07, 6.45) is 0. The highest BCUT2D eigenvalue weighted by Crippen LogP contribution is 2.31. The lowest BCUT2D eigenvalue weighted by atomic mass is 10.2. The zero-order valence-corrected chi connectivity index (χ0v) is 7.78. The van der Waals surface area contributed by atoms with Gasteiger partial charge in [-0.25, -0.2) is 0 Å². The fourth-order valence-electron chi connectivity index (χ4n) is 1.12. The minimum absolute atomic E-state index is 0.537. The second-order valence-corrected chi connectivity index (χ2v) is 3.32. The Bertz CT molecular complexity index is 436. The van der Waals surface area contributed by atoms with Crippen molar-refractivity contribution in [3.63, 3.8) is 0 Å². The fourth-order valence-corrected chi connectivity index (χ4v) is 1.60. The van der Waals surface area contributed by atoms with E-state index in [4.69, 9.17) is 27.7 Å². The molecule has 0 saturated carbocycles. The van der Waals surface area contributed by atoms with Crippen molar-refractivity contribution in [1.82, 2.24) is 5.16 Å². The number of rotatable bonds is 0. The Labute approximate surface area is 79.0 Å². The molecule has 0 radical (unpaired) electrons. The monoisotopic (exact) mass is 201 g/mol. The summed E-state index contributed by atoms with van der Waals surface area (Å²) in [5, 5.41) is 5.72. The molecule has 0 fully saturated rings. The first-order valence-electron chi connectivity index (χ1n) is 3.40. The van der Waals surface area contributed by atoms with Gasteiger partial charge in [-0.2, -0.15) is 0 Å². The molecule has 0 saturated heterocycles. The number of fused-ring (bicyclic) bond motifs is 1. The highest BCUT2D eigenvalue weighted by molar-refractivity contribution is 6.39. The van der Waals surface area contributed by atoms with E-state index in [9.17, 15) is 0 Å². The van der Waals surface area contributed by atoms with Crippen molar-refractivity contribution in [2.75, 3.05) is 0 Å². The van der Waals surface area contributed by atoms with Gasteiger partial charge in [-0.05, 0) is 19.1 Å². The average Bonchev–Trinajstić information content (AvgIpc) is 2.42. The summed E-state index contributed by atoms with van der Waals surface area (Å²) < 4.78 is 4.99. The minimum Gasteiger partial charge on any atom is -0.354 e. The third-order valence-electron chi connectivity index (χ3n) is 1.69. The maximum atomic E-state index is 5.92. The van der Waals surface area contributed by atoms with E-state index in [0.717, 1.165) is 11.1 Å². The van der Waals surface area contributed by atoms with Gasteiger partial charge in [0.05, 0.1) is 21.1 Å². The van der Waals surface area contributed by atoms with Gasteiger partial charge in [0.1, 0.15) is 0 Å². The Balaban J connectivity index is 2.98. The number of halogens is 2. The molecule has 2 aromatic rings. The number of nitrogens with zero attached hydrogens (tertiary/aromatic N) is 1. The van der Waals surface area contributed by atoms with Crippen molar-refractivity contribution in [2.45, 2.75) is 6.92 Å². The molecule has 0 atom stereocenters. The zero-order valence-electron chi connectivity index (χ0n) is 6.27. The van der Waals surface area contributed by atoms with Crippen LogP contribution in [0, 0.1) is 6.92 Å². The molecule has 1 aromatic carbocycles. The highest BCUT2D eigenvalue weighted by atomic mass is 35.5. The van der Waals surface area contributed by atoms with Crippen LogP contribution < -0.4 is 0 Å². The minimum atomic E-state index is 0.537. The molecule has 0 aliphatic rings. The molecule has 0 bridgehead atoms. The standard InChI is InChI=1S/C8H5Cl2NO/c1-4-7-5(9)2-3-6(10)8(7)12-11-4/h2-3H,1H3. The molecule has 62 valence electrons. The lowest BCUT2D eigenvalue weighted by molar-refractivity contribution is 0.450. The number of benzene rings is 1. The molecule has 0 amide bonds. The molecular formula is C8H5Cl2NO. The van der Waals surface area contributed by atoms with Crippen LogP contribution >= 0.6 is 23.2 Å². The summed E-state index contributed by atoms with van der Waals surface area (Å²) in [5.41, 5.74) is 1.32. The summed E-state index contributed by atoms with van der Waals surface area (Å²) in [4.78, 5) is 0. The van der Waals surface area contributed by atoms with E-state index in [1.807, 2.05) is 6.92 Å². The first kappa shape index (κ1) is 7.90. The molecule has 1 aromatic heterocycles. The van der Waals surface area contributed by atoms with E-state index < -0.39 is 0 Å². The van der Waals surface area contributed by atoms with Gasteiger partial charge in [-0.15, -0.1) is 0 Å². The normalized spacial score (nSPS) is 10.9. The van der Waals surface area contributed by atoms with E-state index in [1.54, 1.807) is 12.1 Å². The smallest absolute Gasteiger partial charge is 0.187 e. The van der Waals surface area contributed by atoms with Crippen molar-refractivity contribution in [2.24, 2.45) is 0 Å². The molecule has 1 heterocycles. The second kappa shape index (κ2) is 2.64. The first-order valence-corrected chi connectivity index (χ1v) is 4.15. The van der Waals surface area contributed by atoms with Gasteiger partial charge in [-0.3, -0.25) is 0 Å². The summed E-state index contributed by atoms with van der Waals surface area (Å²) in [6.45, 7) is 1.83. The number of aryl methyl sites for hydroxylation is 1. The van der Waals surface area contributed by atoms with Crippen molar-refractivity contribution in [3.05, 3.63) is 27.9 Å². The van der Waals surface area contributed by atoms with E-state index in [1.165, 1.54) is 0 Å². The summed E-state index contributed by atoms with van der Waals surface area (Å²) in [7, 11) is 0. The van der Waals surface area contributed by atoms with E-state index >= 15 is 0 Å². The predicted molar refractivity (Wildman–Crippen MR) is 48.8 cm³/mol. The Morgan fingerprint density at radius 1 is 1.25 bits per heavy atom. The quantitative estimate of drug-likeness (QED) is 0.653. The second-order valence-electron chi connectivity index (χ2n) is 2.50. The topological polar surface area (TPSA) is 26.0 Å². The van der Waals surface area contributed by atoms with Crippen LogP contribution in [-0.2, 0) is 0 Å². The fraction of sp³-hybridized carbons (Fsp3) is 0.125. The Morgan fingerprint density at radius 3 is 2.58 bits per heavy atom. The van der Waals surface area contributed by atoms with Crippen LogP contribution in [0.2, 0.25) is 10.0 Å². The third-order valence-corrected chi connectivity index (χ3v) is 2.31. The average molecular weight is 202 g/mol. The molecule has 0 unspecified atom stereocenters. The molecular weight excluding hydrogens is 197 g/mol. The van der Waals surface area contributed by atoms with Crippen molar-refractivity contribution < 1.29 is 4.52 Å². The van der Waals surface area contributed by atoms with E-state index in [-0.39, 0.29) is 0 Å². The van der Waals surface area contributed by atoms with Crippen molar-refractivity contribution in [3.8, 4) is 0 Å². The molecule has 0 aliphatic heterocycles. The van der Waals surface area contributed by atoms with Gasteiger partial charge in [0.2, 0.25) is 0 Å². The Hall–Kier alpha value is -0.730. The van der Waals surface area contributed by atoms with Gasteiger partial charge >= 0.3 is 0 Å². The van der Waals surface area contributed by atoms with Crippen molar-refractivity contribution in [1.29, 1.82) is 0 Å². The van der Waals surface area contributed by atoms with E-state index in [0.29, 0.717) is 15.6 Å². The largest absolute Gasteiger partial charge is 0.354 e. The molecule has 2 rings (SSSR count). The van der Waals surface area contributed by atoms with Gasteiger partial charge in [-0.1, -0.05) is 28.4 Å². The Morgan fingerprint density at radius 2 is 1.92 bits per heavy atom. The highest BCUT2D eigenvalue weighted by Gasteiger charge is 2.10. The maximum Gasteiger partial charge on any atom is 0.187 e. The van der Waals surface area contributed by atoms with Gasteiger partial charge in [0, 0.05) is 0 Å². The van der Waals surface area contributed by atoms with Crippen LogP contribution in [-0.4, -0.2) is 5.16 Å². The van der Waals surface area contributed by atoms with Crippen LogP contribution in [0.15, 0.2) is 16.7 Å². The summed E-state index contributed by atoms with van der Waals surface area (Å²) in [5.74, 6) is 0. The van der Waals surface area contributed by atoms with E-state index in [2.05, 4.69) is 5.16 Å². The van der Waals surface area contributed by atoms with Gasteiger partial charge < -0.3 is 4.52 Å². The molecule has 0 aliphatic carbocycles. The molecule has 2 nitrogen and oxygen atoms in total. The van der Waals surface area contributed by atoms with Gasteiger partial charge in [0.25, 0.3) is 0 Å². The summed E-state index contributed by atoms with van der Waals surface area (Å²) >= 11 is 11.8. The van der Waals surface area contributed by atoms with Crippen LogP contribution in [0.1, 0.15) is 5.69 Å². The number of hydrogen-bond acceptors (Lipinski definition) is 2. The number of hydrogen-bond donors (Lipinski definition) is 0. The Kier molecular flexibility index (Phi) is 1.74. The van der Waals surface area contributed by atoms with Crippen LogP contribution in [0.4, 0.5) is 0 Å². The summed E-state index contributed by atoms with van der Waals surface area (Å²) in [6, 6.07) is 3.42. The lowest BCUT2D eigenvalue weighted by Gasteiger charge is -1.93. The maximum absolute atomic E-state index is 5.92. The molecule has 12 heavy (non-hydrogen) atoms. The molecule has 4 heteroatoms. The first-order chi connectivity index (χ1) is 5.70. The number of aromatic nitrogens is 1. The van der Waals surface area contributed by atoms with Gasteiger partial charge in [0.15, 0.2) is 5.58 Å². The third kappa shape index (κ3) is 0.993. The zero-order chi connectivity index (χ0) is 8.72.